The van der Waals surface area contributed by atoms with Crippen LogP contribution in [0.1, 0.15) is 43.5 Å². The molecule has 0 atom stereocenters. The molecule has 2 N–H and O–H groups in total. The first kappa shape index (κ1) is 14.3. The van der Waals surface area contributed by atoms with E-state index in [1.165, 1.54) is 0 Å². The largest absolute Gasteiger partial charge is 0.361 e. The monoisotopic (exact) mass is 276 g/mol. The van der Waals surface area contributed by atoms with Crippen LogP contribution in [0.25, 0.3) is 0 Å². The normalized spacial score (nSPS) is 11.7. The minimum Gasteiger partial charge on any atom is -0.361 e. The van der Waals surface area contributed by atoms with Crippen LogP contribution >= 0.6 is 0 Å². The van der Waals surface area contributed by atoms with Gasteiger partial charge in [0.2, 0.25) is 5.91 Å². The lowest BCUT2D eigenvalue weighted by Crippen LogP contribution is -2.15. The number of H-pyrrole nitrogens is 1. The Morgan fingerprint density at radius 1 is 1.40 bits per heavy atom. The van der Waals surface area contributed by atoms with E-state index in [0.29, 0.717) is 11.6 Å². The first-order valence-electron chi connectivity index (χ1n) is 6.55. The van der Waals surface area contributed by atoms with Gasteiger partial charge in [0.05, 0.1) is 12.1 Å². The van der Waals surface area contributed by atoms with E-state index >= 15 is 0 Å². The standard InChI is InChI=1S/C14H20N4O2/c1-8-10(9(2)20-18-8)6-13(19)15-12-7-11(16-17-12)14(3,4)5/h7H,6H2,1-5H3,(H2,15,16,17,19). The van der Waals surface area contributed by atoms with Crippen molar-refractivity contribution in [3.63, 3.8) is 0 Å². The highest BCUT2D eigenvalue weighted by Crippen LogP contribution is 2.22. The molecule has 0 saturated carbocycles. The summed E-state index contributed by atoms with van der Waals surface area (Å²) >= 11 is 0. The van der Waals surface area contributed by atoms with Crippen molar-refractivity contribution in [3.05, 3.63) is 28.8 Å². The Morgan fingerprint density at radius 3 is 2.60 bits per heavy atom. The highest BCUT2D eigenvalue weighted by molar-refractivity contribution is 5.91. The Kier molecular flexibility index (Phi) is 3.65. The Balaban J connectivity index is 2.04. The number of aryl methyl sites for hydroxylation is 2. The molecule has 6 heteroatoms. The molecule has 0 radical (unpaired) electrons. The van der Waals surface area contributed by atoms with Gasteiger partial charge in [-0.3, -0.25) is 9.89 Å². The van der Waals surface area contributed by atoms with E-state index in [1.54, 1.807) is 6.92 Å². The number of hydrogen-bond acceptors (Lipinski definition) is 4. The molecule has 0 unspecified atom stereocenters. The summed E-state index contributed by atoms with van der Waals surface area (Å²) in [6.07, 6.45) is 0.235. The summed E-state index contributed by atoms with van der Waals surface area (Å²) in [5.74, 6) is 1.08. The van der Waals surface area contributed by atoms with Crippen molar-refractivity contribution in [2.45, 2.75) is 46.5 Å². The number of nitrogens with one attached hydrogen (secondary N) is 2. The summed E-state index contributed by atoms with van der Waals surface area (Å²) in [7, 11) is 0. The Morgan fingerprint density at radius 2 is 2.10 bits per heavy atom. The number of amides is 1. The van der Waals surface area contributed by atoms with Gasteiger partial charge < -0.3 is 9.84 Å². The van der Waals surface area contributed by atoms with Crippen LogP contribution in [-0.4, -0.2) is 21.3 Å². The van der Waals surface area contributed by atoms with Crippen LogP contribution in [0, 0.1) is 13.8 Å². The Hall–Kier alpha value is -2.11. The van der Waals surface area contributed by atoms with Crippen molar-refractivity contribution >= 4 is 11.7 Å². The molecule has 2 aromatic rings. The Labute approximate surface area is 117 Å². The zero-order valence-corrected chi connectivity index (χ0v) is 12.5. The van der Waals surface area contributed by atoms with Crippen LogP contribution in [-0.2, 0) is 16.6 Å². The molecule has 108 valence electrons. The van der Waals surface area contributed by atoms with Gasteiger partial charge in [-0.15, -0.1) is 0 Å². The maximum Gasteiger partial charge on any atom is 0.230 e. The van der Waals surface area contributed by atoms with Gasteiger partial charge in [0.25, 0.3) is 0 Å². The first-order chi connectivity index (χ1) is 9.27. The molecule has 2 aromatic heterocycles. The van der Waals surface area contributed by atoms with Crippen molar-refractivity contribution < 1.29 is 9.32 Å². The summed E-state index contributed by atoms with van der Waals surface area (Å²) in [4.78, 5) is 12.0. The third-order valence-electron chi connectivity index (χ3n) is 3.17. The van der Waals surface area contributed by atoms with Gasteiger partial charge in [0.1, 0.15) is 5.76 Å². The number of rotatable bonds is 3. The van der Waals surface area contributed by atoms with Gasteiger partial charge in [-0.25, -0.2) is 0 Å². The van der Waals surface area contributed by atoms with Crippen molar-refractivity contribution in [1.29, 1.82) is 0 Å². The zero-order chi connectivity index (χ0) is 14.9. The molecule has 0 bridgehead atoms. The average molecular weight is 276 g/mol. The van der Waals surface area contributed by atoms with E-state index in [1.807, 2.05) is 13.0 Å². The third kappa shape index (κ3) is 3.07. The quantitative estimate of drug-likeness (QED) is 0.902. The van der Waals surface area contributed by atoms with E-state index in [2.05, 4.69) is 41.4 Å². The van der Waals surface area contributed by atoms with E-state index in [-0.39, 0.29) is 17.7 Å². The first-order valence-corrected chi connectivity index (χ1v) is 6.55. The molecular formula is C14H20N4O2. The number of aromatic nitrogens is 3. The molecule has 0 saturated heterocycles. The number of anilines is 1. The second-order valence-corrected chi connectivity index (χ2v) is 5.94. The third-order valence-corrected chi connectivity index (χ3v) is 3.17. The maximum atomic E-state index is 12.0. The smallest absolute Gasteiger partial charge is 0.230 e. The summed E-state index contributed by atoms with van der Waals surface area (Å²) in [6, 6.07) is 1.85. The lowest BCUT2D eigenvalue weighted by atomic mass is 9.92. The van der Waals surface area contributed by atoms with Crippen LogP contribution < -0.4 is 5.32 Å². The topological polar surface area (TPSA) is 83.8 Å². The molecule has 0 aliphatic heterocycles. The molecule has 20 heavy (non-hydrogen) atoms. The number of hydrogen-bond donors (Lipinski definition) is 2. The number of nitrogens with zero attached hydrogens (tertiary/aromatic N) is 2. The highest BCUT2D eigenvalue weighted by Gasteiger charge is 2.18. The van der Waals surface area contributed by atoms with Crippen molar-refractivity contribution in [2.75, 3.05) is 5.32 Å². The minimum absolute atomic E-state index is 0.0301. The molecule has 2 rings (SSSR count). The van der Waals surface area contributed by atoms with Crippen LogP contribution in [0.4, 0.5) is 5.82 Å². The summed E-state index contributed by atoms with van der Waals surface area (Å²) < 4.78 is 5.04. The van der Waals surface area contributed by atoms with Gasteiger partial charge in [-0.1, -0.05) is 25.9 Å². The predicted molar refractivity (Wildman–Crippen MR) is 75.6 cm³/mol. The number of carbonyl (C=O) groups excluding carboxylic acids is 1. The second-order valence-electron chi connectivity index (χ2n) is 5.94. The molecular weight excluding hydrogens is 256 g/mol. The lowest BCUT2D eigenvalue weighted by Gasteiger charge is -2.14. The van der Waals surface area contributed by atoms with Crippen LogP contribution in [0.15, 0.2) is 10.6 Å². The molecule has 6 nitrogen and oxygen atoms in total. The summed E-state index contributed by atoms with van der Waals surface area (Å²) in [5, 5.41) is 13.7. The molecule has 0 aliphatic carbocycles. The molecule has 0 fully saturated rings. The molecule has 0 aliphatic rings. The Bertz CT molecular complexity index is 600. The van der Waals surface area contributed by atoms with E-state index in [0.717, 1.165) is 17.0 Å². The van der Waals surface area contributed by atoms with Crippen LogP contribution in [0.5, 0.6) is 0 Å². The number of aromatic amines is 1. The van der Waals surface area contributed by atoms with E-state index < -0.39 is 0 Å². The van der Waals surface area contributed by atoms with Gasteiger partial charge in [-0.2, -0.15) is 5.10 Å². The number of carbonyl (C=O) groups is 1. The maximum absolute atomic E-state index is 12.0. The van der Waals surface area contributed by atoms with E-state index in [4.69, 9.17) is 4.52 Å². The van der Waals surface area contributed by atoms with E-state index in [9.17, 15) is 4.79 Å². The van der Waals surface area contributed by atoms with Gasteiger partial charge in [0.15, 0.2) is 5.82 Å². The SMILES string of the molecule is Cc1noc(C)c1CC(=O)Nc1cc(C(C)(C)C)[nH]n1. The van der Waals surface area contributed by atoms with Crippen LogP contribution in [0.2, 0.25) is 0 Å². The molecule has 0 aromatic carbocycles. The molecule has 1 amide bonds. The minimum atomic E-state index is -0.133. The predicted octanol–water partition coefficient (Wildman–Crippen LogP) is 2.49. The zero-order valence-electron chi connectivity index (χ0n) is 12.5. The summed E-state index contributed by atoms with van der Waals surface area (Å²) in [5.41, 5.74) is 2.52. The summed E-state index contributed by atoms with van der Waals surface area (Å²) in [6.45, 7) is 9.86. The van der Waals surface area contributed by atoms with Crippen molar-refractivity contribution in [2.24, 2.45) is 0 Å². The average Bonchev–Trinajstić information content (AvgIpc) is 2.90. The fourth-order valence-electron chi connectivity index (χ4n) is 1.87. The highest BCUT2D eigenvalue weighted by atomic mass is 16.5. The van der Waals surface area contributed by atoms with Gasteiger partial charge >= 0.3 is 0 Å². The molecule has 0 spiro atoms. The van der Waals surface area contributed by atoms with Gasteiger partial charge in [0, 0.05) is 22.7 Å². The second kappa shape index (κ2) is 5.11. The molecule has 2 heterocycles. The fourth-order valence-corrected chi connectivity index (χ4v) is 1.87. The lowest BCUT2D eigenvalue weighted by molar-refractivity contribution is -0.115. The van der Waals surface area contributed by atoms with Crippen molar-refractivity contribution in [3.8, 4) is 0 Å². The van der Waals surface area contributed by atoms with Crippen LogP contribution in [0.3, 0.4) is 0 Å². The van der Waals surface area contributed by atoms with Crippen molar-refractivity contribution in [1.82, 2.24) is 15.4 Å². The fraction of sp³-hybridized carbons (Fsp3) is 0.500. The van der Waals surface area contributed by atoms with Gasteiger partial charge in [-0.05, 0) is 13.8 Å².